The van der Waals surface area contributed by atoms with Crippen molar-refractivity contribution in [3.63, 3.8) is 0 Å². The van der Waals surface area contributed by atoms with Crippen molar-refractivity contribution >= 4 is 31.4 Å². The molecule has 2 aromatic carbocycles. The van der Waals surface area contributed by atoms with Gasteiger partial charge in [0.1, 0.15) is 5.75 Å². The summed E-state index contributed by atoms with van der Waals surface area (Å²) in [6.07, 6.45) is 0.557. The van der Waals surface area contributed by atoms with E-state index in [9.17, 15) is 16.8 Å². The number of methoxy groups -OCH3 is 1. The summed E-state index contributed by atoms with van der Waals surface area (Å²) >= 11 is 0. The molecule has 9 heteroatoms. The quantitative estimate of drug-likeness (QED) is 0.797. The fourth-order valence-electron chi connectivity index (χ4n) is 3.28. The van der Waals surface area contributed by atoms with Gasteiger partial charge in [-0.2, -0.15) is 0 Å². The van der Waals surface area contributed by atoms with Gasteiger partial charge in [0.15, 0.2) is 0 Å². The first kappa shape index (κ1) is 20.5. The predicted octanol–water partition coefficient (Wildman–Crippen LogP) is 2.96. The van der Waals surface area contributed by atoms with Crippen LogP contribution in [0, 0.1) is 20.8 Å². The number of nitrogens with one attached hydrogen (secondary N) is 1. The molecule has 1 heterocycles. The van der Waals surface area contributed by atoms with Crippen molar-refractivity contribution in [3.05, 3.63) is 47.0 Å². The zero-order chi connectivity index (χ0) is 20.7. The summed E-state index contributed by atoms with van der Waals surface area (Å²) in [6, 6.07) is 8.23. The summed E-state index contributed by atoms with van der Waals surface area (Å²) < 4.78 is 59.6. The summed E-state index contributed by atoms with van der Waals surface area (Å²) in [7, 11) is -5.66. The highest BCUT2D eigenvalue weighted by Gasteiger charge is 2.29. The standard InChI is InChI=1S/C19H24N2O5S2/c1-13-6-7-16(21-8-5-9-27(21,22)23)12-17(13)20-28(24,25)19-11-14(2)18(26-4)10-15(19)3/h6-7,10-12,20H,5,8-9H2,1-4H3. The highest BCUT2D eigenvalue weighted by atomic mass is 32.2. The molecule has 0 aromatic heterocycles. The van der Waals surface area contributed by atoms with Crippen molar-refractivity contribution in [2.75, 3.05) is 28.4 Å². The fourth-order valence-corrected chi connectivity index (χ4v) is 6.27. The molecule has 7 nitrogen and oxygen atoms in total. The van der Waals surface area contributed by atoms with Crippen LogP contribution in [0.4, 0.5) is 11.4 Å². The average molecular weight is 425 g/mol. The van der Waals surface area contributed by atoms with E-state index in [-0.39, 0.29) is 10.6 Å². The van der Waals surface area contributed by atoms with Crippen LogP contribution in [0.3, 0.4) is 0 Å². The number of ether oxygens (including phenoxy) is 1. The van der Waals surface area contributed by atoms with Gasteiger partial charge in [0.05, 0.1) is 29.1 Å². The minimum atomic E-state index is -3.86. The molecule has 1 aliphatic heterocycles. The molecule has 0 aliphatic carbocycles. The lowest BCUT2D eigenvalue weighted by Gasteiger charge is -2.20. The lowest BCUT2D eigenvalue weighted by Crippen LogP contribution is -2.25. The minimum absolute atomic E-state index is 0.103. The third-order valence-corrected chi connectivity index (χ3v) is 8.21. The maximum absolute atomic E-state index is 13.0. The maximum Gasteiger partial charge on any atom is 0.262 e. The molecule has 0 bridgehead atoms. The van der Waals surface area contributed by atoms with Crippen molar-refractivity contribution in [2.45, 2.75) is 32.1 Å². The van der Waals surface area contributed by atoms with Gasteiger partial charge in [-0.1, -0.05) is 6.07 Å². The minimum Gasteiger partial charge on any atom is -0.496 e. The second kappa shape index (κ2) is 7.29. The lowest BCUT2D eigenvalue weighted by atomic mass is 10.1. The van der Waals surface area contributed by atoms with E-state index in [0.717, 1.165) is 0 Å². The number of sulfonamides is 2. The van der Waals surface area contributed by atoms with Gasteiger partial charge in [0.25, 0.3) is 10.0 Å². The van der Waals surface area contributed by atoms with Crippen LogP contribution < -0.4 is 13.8 Å². The summed E-state index contributed by atoms with van der Waals surface area (Å²) in [6.45, 7) is 5.65. The average Bonchev–Trinajstić information content (AvgIpc) is 2.97. The Bertz CT molecular complexity index is 1130. The molecule has 0 atom stereocenters. The van der Waals surface area contributed by atoms with Gasteiger partial charge in [-0.15, -0.1) is 0 Å². The Balaban J connectivity index is 1.99. The van der Waals surface area contributed by atoms with Gasteiger partial charge in [0, 0.05) is 6.54 Å². The van der Waals surface area contributed by atoms with Crippen LogP contribution in [0.5, 0.6) is 5.75 Å². The van der Waals surface area contributed by atoms with Gasteiger partial charge in [-0.3, -0.25) is 9.03 Å². The molecule has 0 unspecified atom stereocenters. The molecule has 1 fully saturated rings. The van der Waals surface area contributed by atoms with E-state index in [2.05, 4.69) is 4.72 Å². The molecule has 1 aliphatic rings. The summed E-state index contributed by atoms with van der Waals surface area (Å²) in [5, 5.41) is 0. The van der Waals surface area contributed by atoms with Crippen molar-refractivity contribution in [1.82, 2.24) is 0 Å². The van der Waals surface area contributed by atoms with Gasteiger partial charge < -0.3 is 4.74 Å². The molecule has 2 aromatic rings. The number of aryl methyl sites for hydroxylation is 3. The molecule has 1 N–H and O–H groups in total. The Labute approximate surface area is 166 Å². The van der Waals surface area contributed by atoms with Crippen LogP contribution in [-0.4, -0.2) is 36.2 Å². The molecule has 152 valence electrons. The van der Waals surface area contributed by atoms with E-state index in [0.29, 0.717) is 46.8 Å². The highest BCUT2D eigenvalue weighted by molar-refractivity contribution is 7.93. The van der Waals surface area contributed by atoms with Gasteiger partial charge >= 0.3 is 0 Å². The second-order valence-electron chi connectivity index (χ2n) is 6.93. The first-order chi connectivity index (χ1) is 13.0. The molecule has 0 saturated carbocycles. The van der Waals surface area contributed by atoms with Crippen LogP contribution in [0.25, 0.3) is 0 Å². The monoisotopic (exact) mass is 424 g/mol. The molecular weight excluding hydrogens is 400 g/mol. The van der Waals surface area contributed by atoms with E-state index >= 15 is 0 Å². The van der Waals surface area contributed by atoms with Crippen molar-refractivity contribution in [1.29, 1.82) is 0 Å². The normalized spacial score (nSPS) is 16.2. The third kappa shape index (κ3) is 3.81. The van der Waals surface area contributed by atoms with Crippen molar-refractivity contribution in [3.8, 4) is 5.75 Å². The van der Waals surface area contributed by atoms with Crippen LogP contribution in [0.2, 0.25) is 0 Å². The molecule has 1 saturated heterocycles. The Morgan fingerprint density at radius 3 is 2.36 bits per heavy atom. The van der Waals surface area contributed by atoms with E-state index in [4.69, 9.17) is 4.74 Å². The van der Waals surface area contributed by atoms with Crippen molar-refractivity contribution < 1.29 is 21.6 Å². The molecule has 28 heavy (non-hydrogen) atoms. The van der Waals surface area contributed by atoms with Crippen molar-refractivity contribution in [2.24, 2.45) is 0 Å². The van der Waals surface area contributed by atoms with E-state index < -0.39 is 20.0 Å². The van der Waals surface area contributed by atoms with E-state index in [1.807, 2.05) is 0 Å². The topological polar surface area (TPSA) is 92.8 Å². The van der Waals surface area contributed by atoms with Gasteiger partial charge in [-0.25, -0.2) is 16.8 Å². The largest absolute Gasteiger partial charge is 0.496 e. The van der Waals surface area contributed by atoms with E-state index in [1.165, 1.54) is 11.4 Å². The SMILES string of the molecule is COc1cc(C)c(S(=O)(=O)Nc2cc(N3CCCS3(=O)=O)ccc2C)cc1C. The van der Waals surface area contributed by atoms with Crippen LogP contribution in [-0.2, 0) is 20.0 Å². The Morgan fingerprint density at radius 1 is 1.04 bits per heavy atom. The second-order valence-corrected chi connectivity index (χ2v) is 10.6. The number of hydrogen-bond donors (Lipinski definition) is 1. The maximum atomic E-state index is 13.0. The molecule has 0 amide bonds. The molecule has 3 rings (SSSR count). The Hall–Kier alpha value is -2.26. The van der Waals surface area contributed by atoms with Crippen LogP contribution >= 0.6 is 0 Å². The summed E-state index contributed by atoms with van der Waals surface area (Å²) in [4.78, 5) is 0.157. The lowest BCUT2D eigenvalue weighted by molar-refractivity contribution is 0.411. The highest BCUT2D eigenvalue weighted by Crippen LogP contribution is 2.31. The number of anilines is 2. The Morgan fingerprint density at radius 2 is 1.75 bits per heavy atom. The van der Waals surface area contributed by atoms with E-state index in [1.54, 1.807) is 51.1 Å². The summed E-state index contributed by atoms with van der Waals surface area (Å²) in [5.74, 6) is 0.723. The number of benzene rings is 2. The number of hydrogen-bond acceptors (Lipinski definition) is 5. The molecular formula is C19H24N2O5S2. The molecule has 0 spiro atoms. The smallest absolute Gasteiger partial charge is 0.262 e. The molecule has 0 radical (unpaired) electrons. The Kier molecular flexibility index (Phi) is 5.33. The van der Waals surface area contributed by atoms with Gasteiger partial charge in [0.2, 0.25) is 10.0 Å². The first-order valence-corrected chi connectivity index (χ1v) is 11.9. The fraction of sp³-hybridized carbons (Fsp3) is 0.368. The van der Waals surface area contributed by atoms with Crippen LogP contribution in [0.15, 0.2) is 35.2 Å². The van der Waals surface area contributed by atoms with Gasteiger partial charge in [-0.05, 0) is 68.1 Å². The summed E-state index contributed by atoms with van der Waals surface area (Å²) in [5.41, 5.74) is 2.79. The van der Waals surface area contributed by atoms with Crippen LogP contribution in [0.1, 0.15) is 23.1 Å². The predicted molar refractivity (Wildman–Crippen MR) is 110 cm³/mol. The zero-order valence-electron chi connectivity index (χ0n) is 16.3. The zero-order valence-corrected chi connectivity index (χ0v) is 17.9. The third-order valence-electron chi connectivity index (χ3n) is 4.83. The number of rotatable bonds is 5. The number of nitrogens with zero attached hydrogens (tertiary/aromatic N) is 1. The first-order valence-electron chi connectivity index (χ1n) is 8.84.